The van der Waals surface area contributed by atoms with Crippen LogP contribution >= 0.6 is 15.9 Å². The maximum atomic E-state index is 12.0. The monoisotopic (exact) mass is 443 g/mol. The van der Waals surface area contributed by atoms with Gasteiger partial charge < -0.3 is 9.15 Å². The van der Waals surface area contributed by atoms with E-state index >= 15 is 0 Å². The summed E-state index contributed by atoms with van der Waals surface area (Å²) in [7, 11) is 0. The number of nitro groups is 1. The van der Waals surface area contributed by atoms with E-state index in [1.807, 2.05) is 0 Å². The van der Waals surface area contributed by atoms with Gasteiger partial charge in [0.2, 0.25) is 0 Å². The number of hydrogen-bond acceptors (Lipinski definition) is 6. The highest BCUT2D eigenvalue weighted by Crippen LogP contribution is 2.26. The molecule has 0 radical (unpaired) electrons. The van der Waals surface area contributed by atoms with Crippen LogP contribution in [0.2, 0.25) is 0 Å². The lowest BCUT2D eigenvalue weighted by molar-refractivity contribution is -0.386. The smallest absolute Gasteiger partial charge is 0.310 e. The number of nitro benzene ring substituents is 1. The third kappa shape index (κ3) is 4.83. The van der Waals surface area contributed by atoms with Gasteiger partial charge in [0.15, 0.2) is 5.75 Å². The number of benzene rings is 2. The van der Waals surface area contributed by atoms with Gasteiger partial charge in [0, 0.05) is 10.5 Å². The average molecular weight is 444 g/mol. The van der Waals surface area contributed by atoms with Crippen molar-refractivity contribution in [1.29, 1.82) is 0 Å². The largest absolute Gasteiger partial charge is 0.479 e. The second kappa shape index (κ2) is 8.96. The zero-order chi connectivity index (χ0) is 19.9. The molecule has 3 aromatic rings. The first kappa shape index (κ1) is 19.3. The molecule has 0 aliphatic carbocycles. The van der Waals surface area contributed by atoms with E-state index in [9.17, 15) is 14.9 Å². The van der Waals surface area contributed by atoms with Gasteiger partial charge in [-0.2, -0.15) is 5.10 Å². The highest BCUT2D eigenvalue weighted by Gasteiger charge is 2.14. The Morgan fingerprint density at radius 3 is 2.71 bits per heavy atom. The minimum atomic E-state index is -0.511. The number of hydrazone groups is 1. The van der Waals surface area contributed by atoms with Crippen molar-refractivity contribution in [3.05, 3.63) is 92.3 Å². The van der Waals surface area contributed by atoms with Crippen LogP contribution in [0.3, 0.4) is 0 Å². The molecular formula is C19H14BrN3O5. The number of nitrogens with one attached hydrogen (secondary N) is 1. The number of halogens is 1. The molecule has 0 fully saturated rings. The van der Waals surface area contributed by atoms with Gasteiger partial charge in [-0.3, -0.25) is 14.9 Å². The maximum Gasteiger partial charge on any atom is 0.310 e. The number of hydrogen-bond donors (Lipinski definition) is 1. The molecule has 9 heteroatoms. The van der Waals surface area contributed by atoms with Crippen molar-refractivity contribution in [1.82, 2.24) is 5.43 Å². The van der Waals surface area contributed by atoms with Crippen molar-refractivity contribution in [3.63, 3.8) is 0 Å². The molecule has 0 saturated heterocycles. The molecule has 1 aromatic heterocycles. The molecule has 0 spiro atoms. The summed E-state index contributed by atoms with van der Waals surface area (Å²) in [6, 6.07) is 16.4. The van der Waals surface area contributed by atoms with Crippen LogP contribution in [0, 0.1) is 10.1 Å². The predicted molar refractivity (Wildman–Crippen MR) is 105 cm³/mol. The molecule has 2 aromatic carbocycles. The lowest BCUT2D eigenvalue weighted by atomic mass is 10.2. The molecule has 28 heavy (non-hydrogen) atoms. The number of nitrogens with zero attached hydrogens (tertiary/aromatic N) is 2. The topological polar surface area (TPSA) is 107 Å². The Morgan fingerprint density at radius 2 is 1.93 bits per heavy atom. The van der Waals surface area contributed by atoms with Gasteiger partial charge in [-0.25, -0.2) is 5.43 Å². The molecule has 0 aliphatic rings. The minimum Gasteiger partial charge on any atom is -0.479 e. The highest BCUT2D eigenvalue weighted by molar-refractivity contribution is 9.10. The molecule has 142 valence electrons. The SMILES string of the molecule is O=C(N/N=C\c1ccc(COc2ccccc2[N+](=O)[O-])o1)c1ccccc1Br. The second-order valence-electron chi connectivity index (χ2n) is 5.50. The van der Waals surface area contributed by atoms with Crippen LogP contribution in [0.25, 0.3) is 0 Å². The molecular weight excluding hydrogens is 430 g/mol. The van der Waals surface area contributed by atoms with Crippen molar-refractivity contribution < 1.29 is 18.9 Å². The summed E-state index contributed by atoms with van der Waals surface area (Å²) >= 11 is 3.30. The van der Waals surface area contributed by atoms with Crippen LogP contribution in [-0.4, -0.2) is 17.0 Å². The van der Waals surface area contributed by atoms with Crippen molar-refractivity contribution in [2.45, 2.75) is 6.61 Å². The molecule has 1 N–H and O–H groups in total. The number of carbonyl (C=O) groups excluding carboxylic acids is 1. The summed E-state index contributed by atoms with van der Waals surface area (Å²) in [5, 5.41) is 14.8. The quantitative estimate of drug-likeness (QED) is 0.332. The van der Waals surface area contributed by atoms with Gasteiger partial charge in [0.25, 0.3) is 5.91 Å². The number of rotatable bonds is 7. The van der Waals surface area contributed by atoms with Crippen molar-refractivity contribution in [2.75, 3.05) is 0 Å². The van der Waals surface area contributed by atoms with Gasteiger partial charge in [-0.1, -0.05) is 24.3 Å². The fraction of sp³-hybridized carbons (Fsp3) is 0.0526. The molecule has 3 rings (SSSR count). The van der Waals surface area contributed by atoms with E-state index < -0.39 is 4.92 Å². The van der Waals surface area contributed by atoms with Crippen LogP contribution in [0.4, 0.5) is 5.69 Å². The summed E-state index contributed by atoms with van der Waals surface area (Å²) in [5.41, 5.74) is 2.75. The van der Waals surface area contributed by atoms with E-state index in [4.69, 9.17) is 9.15 Å². The molecule has 0 saturated carbocycles. The third-order valence-corrected chi connectivity index (χ3v) is 4.28. The fourth-order valence-corrected chi connectivity index (χ4v) is 2.75. The van der Waals surface area contributed by atoms with Gasteiger partial charge in [-0.15, -0.1) is 0 Å². The summed E-state index contributed by atoms with van der Waals surface area (Å²) in [4.78, 5) is 22.5. The first-order chi connectivity index (χ1) is 13.5. The number of amides is 1. The van der Waals surface area contributed by atoms with Crippen LogP contribution < -0.4 is 10.2 Å². The van der Waals surface area contributed by atoms with Crippen LogP contribution in [0.1, 0.15) is 21.9 Å². The Kier molecular flexibility index (Phi) is 6.18. The molecule has 1 amide bonds. The van der Waals surface area contributed by atoms with Gasteiger partial charge in [-0.05, 0) is 46.3 Å². The van der Waals surface area contributed by atoms with Crippen molar-refractivity contribution in [3.8, 4) is 5.75 Å². The van der Waals surface area contributed by atoms with Crippen LogP contribution in [0.5, 0.6) is 5.75 Å². The highest BCUT2D eigenvalue weighted by atomic mass is 79.9. The Morgan fingerprint density at radius 1 is 1.18 bits per heavy atom. The summed E-state index contributed by atoms with van der Waals surface area (Å²) < 4.78 is 11.6. The fourth-order valence-electron chi connectivity index (χ4n) is 2.28. The molecule has 0 bridgehead atoms. The maximum absolute atomic E-state index is 12.0. The van der Waals surface area contributed by atoms with E-state index in [1.54, 1.807) is 48.5 Å². The first-order valence-electron chi connectivity index (χ1n) is 8.07. The number of carbonyl (C=O) groups is 1. The van der Waals surface area contributed by atoms with E-state index in [2.05, 4.69) is 26.5 Å². The Labute approximate surface area is 168 Å². The van der Waals surface area contributed by atoms with E-state index in [0.717, 1.165) is 0 Å². The lowest BCUT2D eigenvalue weighted by Gasteiger charge is -2.04. The first-order valence-corrected chi connectivity index (χ1v) is 8.87. The van der Waals surface area contributed by atoms with Gasteiger partial charge >= 0.3 is 5.69 Å². The second-order valence-corrected chi connectivity index (χ2v) is 6.35. The van der Waals surface area contributed by atoms with Crippen molar-refractivity contribution >= 4 is 33.7 Å². The number of para-hydroxylation sites is 2. The molecule has 1 heterocycles. The van der Waals surface area contributed by atoms with Gasteiger partial charge in [0.1, 0.15) is 18.1 Å². The predicted octanol–water partition coefficient (Wildman–Crippen LogP) is 4.29. The summed E-state index contributed by atoms with van der Waals surface area (Å²) in [6.45, 7) is 0.0159. The number of ether oxygens (including phenoxy) is 1. The van der Waals surface area contributed by atoms with Crippen molar-refractivity contribution in [2.24, 2.45) is 5.10 Å². The Balaban J connectivity index is 1.57. The third-order valence-electron chi connectivity index (χ3n) is 3.59. The Hall–Kier alpha value is -3.46. The molecule has 0 unspecified atom stereocenters. The molecule has 8 nitrogen and oxygen atoms in total. The van der Waals surface area contributed by atoms with Crippen LogP contribution in [-0.2, 0) is 6.61 Å². The lowest BCUT2D eigenvalue weighted by Crippen LogP contribution is -2.17. The number of furan rings is 1. The minimum absolute atomic E-state index is 0.0159. The summed E-state index contributed by atoms with van der Waals surface area (Å²) in [5.74, 6) is 0.639. The van der Waals surface area contributed by atoms with E-state index in [1.165, 1.54) is 18.3 Å². The molecule has 0 aliphatic heterocycles. The van der Waals surface area contributed by atoms with Crippen LogP contribution in [0.15, 0.2) is 74.7 Å². The average Bonchev–Trinajstić information content (AvgIpc) is 3.14. The molecule has 0 atom stereocenters. The van der Waals surface area contributed by atoms with E-state index in [0.29, 0.717) is 21.6 Å². The van der Waals surface area contributed by atoms with E-state index in [-0.39, 0.29) is 24.0 Å². The zero-order valence-corrected chi connectivity index (χ0v) is 16.0. The summed E-state index contributed by atoms with van der Waals surface area (Å²) in [6.07, 6.45) is 1.35. The van der Waals surface area contributed by atoms with Gasteiger partial charge in [0.05, 0.1) is 16.7 Å². The standard InChI is InChI=1S/C19H14BrN3O5/c20-16-6-2-1-5-15(16)19(24)22-21-11-13-9-10-14(28-13)12-27-18-8-4-3-7-17(18)23(25)26/h1-11H,12H2,(H,22,24)/b21-11-. The normalized spacial score (nSPS) is 10.8. The zero-order valence-electron chi connectivity index (χ0n) is 14.4. The Bertz CT molecular complexity index is 1030.